The van der Waals surface area contributed by atoms with Gasteiger partial charge in [0.25, 0.3) is 10.0 Å². The Labute approximate surface area is 188 Å². The normalized spacial score (nSPS) is 15.1. The molecule has 172 valence electrons. The number of methoxy groups -OCH3 is 1. The van der Waals surface area contributed by atoms with E-state index in [1.54, 1.807) is 43.3 Å². The molecule has 2 aromatic carbocycles. The summed E-state index contributed by atoms with van der Waals surface area (Å²) in [5, 5.41) is 5.53. The van der Waals surface area contributed by atoms with Gasteiger partial charge in [-0.15, -0.1) is 0 Å². The molecular formula is C23H29N3O5S. The van der Waals surface area contributed by atoms with Crippen molar-refractivity contribution in [3.8, 4) is 5.75 Å². The summed E-state index contributed by atoms with van der Waals surface area (Å²) in [5.41, 5.74) is 1.29. The Morgan fingerprint density at radius 1 is 1.03 bits per heavy atom. The minimum atomic E-state index is -3.89. The lowest BCUT2D eigenvalue weighted by Gasteiger charge is -2.23. The van der Waals surface area contributed by atoms with Crippen LogP contribution in [-0.2, 0) is 19.6 Å². The zero-order valence-corrected chi connectivity index (χ0v) is 19.3. The van der Waals surface area contributed by atoms with Gasteiger partial charge in [-0.3, -0.25) is 14.3 Å². The van der Waals surface area contributed by atoms with Crippen LogP contribution in [0, 0.1) is 12.8 Å². The van der Waals surface area contributed by atoms with Crippen LogP contribution in [0.2, 0.25) is 0 Å². The van der Waals surface area contributed by atoms with Crippen LogP contribution in [0.3, 0.4) is 0 Å². The molecule has 0 heterocycles. The van der Waals surface area contributed by atoms with Crippen LogP contribution in [0.1, 0.15) is 38.2 Å². The summed E-state index contributed by atoms with van der Waals surface area (Å²) in [6.45, 7) is 3.07. The largest absolute Gasteiger partial charge is 0.497 e. The molecule has 2 amide bonds. The van der Waals surface area contributed by atoms with Gasteiger partial charge in [0, 0.05) is 18.3 Å². The van der Waals surface area contributed by atoms with Crippen LogP contribution >= 0.6 is 0 Å². The summed E-state index contributed by atoms with van der Waals surface area (Å²) in [4.78, 5) is 24.6. The number of hydrogen-bond acceptors (Lipinski definition) is 5. The number of anilines is 2. The molecule has 32 heavy (non-hydrogen) atoms. The van der Waals surface area contributed by atoms with Crippen LogP contribution in [0.15, 0.2) is 47.4 Å². The summed E-state index contributed by atoms with van der Waals surface area (Å²) < 4.78 is 33.6. The third-order valence-corrected chi connectivity index (χ3v) is 7.12. The lowest BCUT2D eigenvalue weighted by atomic mass is 9.97. The maximum atomic E-state index is 13.0. The first kappa shape index (κ1) is 23.6. The van der Waals surface area contributed by atoms with Crippen LogP contribution < -0.4 is 20.1 Å². The number of benzene rings is 2. The smallest absolute Gasteiger partial charge is 0.262 e. The molecule has 1 aliphatic carbocycles. The second-order valence-electron chi connectivity index (χ2n) is 8.03. The zero-order valence-electron chi connectivity index (χ0n) is 18.5. The van der Waals surface area contributed by atoms with Gasteiger partial charge < -0.3 is 15.4 Å². The number of ether oxygens (including phenoxy) is 1. The first-order chi connectivity index (χ1) is 15.2. The van der Waals surface area contributed by atoms with Gasteiger partial charge in [-0.25, -0.2) is 8.42 Å². The SMILES string of the molecule is COc1ccc(NS(=O)(=O)c2cc(NC(=O)C(NC(C)=O)C3CCCC3)ccc2C)cc1. The van der Waals surface area contributed by atoms with Crippen molar-refractivity contribution in [2.75, 3.05) is 17.1 Å². The van der Waals surface area contributed by atoms with E-state index in [2.05, 4.69) is 15.4 Å². The first-order valence-electron chi connectivity index (χ1n) is 10.5. The third-order valence-electron chi connectivity index (χ3n) is 5.60. The van der Waals surface area contributed by atoms with E-state index in [4.69, 9.17) is 4.74 Å². The highest BCUT2D eigenvalue weighted by molar-refractivity contribution is 7.92. The van der Waals surface area contributed by atoms with Crippen LogP contribution in [0.25, 0.3) is 0 Å². The van der Waals surface area contributed by atoms with Crippen LogP contribution in [-0.4, -0.2) is 33.4 Å². The van der Waals surface area contributed by atoms with E-state index in [0.717, 1.165) is 25.7 Å². The molecule has 2 aromatic rings. The van der Waals surface area contributed by atoms with E-state index >= 15 is 0 Å². The summed E-state index contributed by atoms with van der Waals surface area (Å²) >= 11 is 0. The molecule has 0 saturated heterocycles. The molecule has 3 rings (SSSR count). The third kappa shape index (κ3) is 5.79. The number of rotatable bonds is 8. The average molecular weight is 460 g/mol. The van der Waals surface area contributed by atoms with Gasteiger partial charge in [0.05, 0.1) is 12.0 Å². The van der Waals surface area contributed by atoms with Crippen LogP contribution in [0.4, 0.5) is 11.4 Å². The van der Waals surface area contributed by atoms with Crippen molar-refractivity contribution in [2.45, 2.75) is 50.5 Å². The van der Waals surface area contributed by atoms with Gasteiger partial charge in [0.2, 0.25) is 11.8 Å². The molecule has 1 aliphatic rings. The summed E-state index contributed by atoms with van der Waals surface area (Å²) in [5.74, 6) is 0.0736. The lowest BCUT2D eigenvalue weighted by molar-refractivity contribution is -0.126. The molecular weight excluding hydrogens is 430 g/mol. The maximum Gasteiger partial charge on any atom is 0.262 e. The van der Waals surface area contributed by atoms with E-state index in [-0.39, 0.29) is 22.6 Å². The summed E-state index contributed by atoms with van der Waals surface area (Å²) in [6, 6.07) is 10.6. The zero-order chi connectivity index (χ0) is 23.3. The molecule has 0 aromatic heterocycles. The van der Waals surface area contributed by atoms with Crippen molar-refractivity contribution < 1.29 is 22.7 Å². The number of amides is 2. The van der Waals surface area contributed by atoms with Crippen molar-refractivity contribution in [1.82, 2.24) is 5.32 Å². The molecule has 0 aliphatic heterocycles. The molecule has 3 N–H and O–H groups in total. The van der Waals surface area contributed by atoms with Crippen molar-refractivity contribution in [3.63, 3.8) is 0 Å². The van der Waals surface area contributed by atoms with Gasteiger partial charge in [-0.1, -0.05) is 18.9 Å². The number of carbonyl (C=O) groups is 2. The molecule has 0 spiro atoms. The minimum absolute atomic E-state index is 0.0584. The molecule has 1 unspecified atom stereocenters. The van der Waals surface area contributed by atoms with Gasteiger partial charge in [0.15, 0.2) is 0 Å². The molecule has 0 bridgehead atoms. The Hall–Kier alpha value is -3.07. The maximum absolute atomic E-state index is 13.0. The summed E-state index contributed by atoms with van der Waals surface area (Å²) in [6.07, 6.45) is 3.80. The summed E-state index contributed by atoms with van der Waals surface area (Å²) in [7, 11) is -2.36. The Morgan fingerprint density at radius 2 is 1.66 bits per heavy atom. The van der Waals surface area contributed by atoms with Crippen LogP contribution in [0.5, 0.6) is 5.75 Å². The second kappa shape index (κ2) is 10.0. The molecule has 9 heteroatoms. The van der Waals surface area contributed by atoms with Crippen molar-refractivity contribution in [1.29, 1.82) is 0 Å². The Morgan fingerprint density at radius 3 is 2.25 bits per heavy atom. The highest BCUT2D eigenvalue weighted by atomic mass is 32.2. The number of nitrogens with one attached hydrogen (secondary N) is 3. The predicted molar refractivity (Wildman–Crippen MR) is 123 cm³/mol. The fraction of sp³-hybridized carbons (Fsp3) is 0.391. The number of carbonyl (C=O) groups excluding carboxylic acids is 2. The fourth-order valence-corrected chi connectivity index (χ4v) is 5.29. The molecule has 1 fully saturated rings. The van der Waals surface area contributed by atoms with Gasteiger partial charge >= 0.3 is 0 Å². The number of hydrogen-bond donors (Lipinski definition) is 3. The first-order valence-corrected chi connectivity index (χ1v) is 12.0. The van der Waals surface area contributed by atoms with E-state index in [1.165, 1.54) is 20.1 Å². The number of aryl methyl sites for hydroxylation is 1. The van der Waals surface area contributed by atoms with Crippen molar-refractivity contribution in [3.05, 3.63) is 48.0 Å². The molecule has 1 atom stereocenters. The second-order valence-corrected chi connectivity index (χ2v) is 9.68. The average Bonchev–Trinajstić information content (AvgIpc) is 3.28. The molecule has 1 saturated carbocycles. The highest BCUT2D eigenvalue weighted by Crippen LogP contribution is 2.29. The Kier molecular flexibility index (Phi) is 7.40. The van der Waals surface area contributed by atoms with E-state index in [1.807, 2.05) is 0 Å². The topological polar surface area (TPSA) is 114 Å². The Bertz CT molecular complexity index is 1080. The Balaban J connectivity index is 1.80. The van der Waals surface area contributed by atoms with E-state index < -0.39 is 16.1 Å². The predicted octanol–water partition coefficient (Wildman–Crippen LogP) is 3.44. The lowest BCUT2D eigenvalue weighted by Crippen LogP contribution is -2.47. The quantitative estimate of drug-likeness (QED) is 0.560. The number of sulfonamides is 1. The monoisotopic (exact) mass is 459 g/mol. The highest BCUT2D eigenvalue weighted by Gasteiger charge is 2.31. The van der Waals surface area contributed by atoms with E-state index in [0.29, 0.717) is 22.7 Å². The molecule has 0 radical (unpaired) electrons. The van der Waals surface area contributed by atoms with Crippen molar-refractivity contribution in [2.24, 2.45) is 5.92 Å². The standard InChI is InChI=1S/C23H29N3O5S/c1-15-8-9-19(25-23(28)22(24-16(2)27)17-6-4-5-7-17)14-21(15)32(29,30)26-18-10-12-20(31-3)13-11-18/h8-14,17,22,26H,4-7H2,1-3H3,(H,24,27)(H,25,28). The van der Waals surface area contributed by atoms with Gasteiger partial charge in [-0.2, -0.15) is 0 Å². The fourth-order valence-electron chi connectivity index (χ4n) is 3.96. The van der Waals surface area contributed by atoms with Gasteiger partial charge in [0.1, 0.15) is 11.8 Å². The van der Waals surface area contributed by atoms with Crippen molar-refractivity contribution >= 4 is 33.2 Å². The van der Waals surface area contributed by atoms with E-state index in [9.17, 15) is 18.0 Å². The minimum Gasteiger partial charge on any atom is -0.497 e. The molecule has 8 nitrogen and oxygen atoms in total. The van der Waals surface area contributed by atoms with Gasteiger partial charge in [-0.05, 0) is 67.6 Å².